The van der Waals surface area contributed by atoms with Gasteiger partial charge in [-0.3, -0.25) is 4.98 Å². The summed E-state index contributed by atoms with van der Waals surface area (Å²) < 4.78 is 1.14. The third-order valence-corrected chi connectivity index (χ3v) is 3.68. The number of aromatic nitrogens is 1. The quantitative estimate of drug-likeness (QED) is 0.922. The fourth-order valence-corrected chi connectivity index (χ4v) is 1.88. The highest BCUT2D eigenvalue weighted by atomic mass is 79.9. The maximum absolute atomic E-state index is 4.14. The average molecular weight is 291 g/mol. The number of nitrogens with one attached hydrogen (secondary N) is 1. The van der Waals surface area contributed by atoms with E-state index in [1.807, 2.05) is 18.5 Å². The number of aryl methyl sites for hydroxylation is 2. The Morgan fingerprint density at radius 1 is 1.18 bits per heavy atom. The SMILES string of the molecule is Cc1cc(NCc2cnccc2C)ccc1Br. The third-order valence-electron chi connectivity index (χ3n) is 2.79. The van der Waals surface area contributed by atoms with Gasteiger partial charge in [-0.1, -0.05) is 15.9 Å². The molecule has 2 rings (SSSR count). The standard InChI is InChI=1S/C14H15BrN2/c1-10-5-6-16-8-12(10)9-17-13-3-4-14(15)11(2)7-13/h3-8,17H,9H2,1-2H3. The Hall–Kier alpha value is -1.35. The summed E-state index contributed by atoms with van der Waals surface area (Å²) in [4.78, 5) is 4.14. The number of hydrogen-bond donors (Lipinski definition) is 1. The maximum atomic E-state index is 4.14. The van der Waals surface area contributed by atoms with E-state index in [1.54, 1.807) is 0 Å². The van der Waals surface area contributed by atoms with Crippen molar-refractivity contribution in [2.24, 2.45) is 0 Å². The molecule has 0 saturated heterocycles. The molecule has 3 heteroatoms. The second-order valence-corrected chi connectivity index (χ2v) is 4.97. The summed E-state index contributed by atoms with van der Waals surface area (Å²) >= 11 is 3.50. The van der Waals surface area contributed by atoms with Gasteiger partial charge < -0.3 is 5.32 Å². The summed E-state index contributed by atoms with van der Waals surface area (Å²) in [5, 5.41) is 3.41. The molecule has 1 aromatic heterocycles. The minimum Gasteiger partial charge on any atom is -0.381 e. The van der Waals surface area contributed by atoms with Crippen LogP contribution in [-0.4, -0.2) is 4.98 Å². The zero-order chi connectivity index (χ0) is 12.3. The molecule has 0 unspecified atom stereocenters. The van der Waals surface area contributed by atoms with Crippen molar-refractivity contribution in [2.75, 3.05) is 5.32 Å². The summed E-state index contributed by atoms with van der Waals surface area (Å²) in [5.74, 6) is 0. The van der Waals surface area contributed by atoms with Crippen molar-refractivity contribution in [2.45, 2.75) is 20.4 Å². The molecule has 17 heavy (non-hydrogen) atoms. The lowest BCUT2D eigenvalue weighted by atomic mass is 10.1. The van der Waals surface area contributed by atoms with Gasteiger partial charge in [-0.2, -0.15) is 0 Å². The van der Waals surface area contributed by atoms with E-state index in [2.05, 4.69) is 58.3 Å². The van der Waals surface area contributed by atoms with Crippen LogP contribution in [0.25, 0.3) is 0 Å². The molecule has 0 fully saturated rings. The molecule has 0 aliphatic rings. The largest absolute Gasteiger partial charge is 0.381 e. The van der Waals surface area contributed by atoms with Crippen LogP contribution < -0.4 is 5.32 Å². The van der Waals surface area contributed by atoms with Crippen molar-refractivity contribution in [3.63, 3.8) is 0 Å². The van der Waals surface area contributed by atoms with Gasteiger partial charge in [0, 0.05) is 29.1 Å². The lowest BCUT2D eigenvalue weighted by Crippen LogP contribution is -2.01. The van der Waals surface area contributed by atoms with Gasteiger partial charge in [0.25, 0.3) is 0 Å². The van der Waals surface area contributed by atoms with E-state index < -0.39 is 0 Å². The number of halogens is 1. The molecule has 88 valence electrons. The first kappa shape index (κ1) is 12.1. The highest BCUT2D eigenvalue weighted by molar-refractivity contribution is 9.10. The highest BCUT2D eigenvalue weighted by Crippen LogP contribution is 2.20. The Kier molecular flexibility index (Phi) is 3.79. The number of anilines is 1. The number of pyridine rings is 1. The summed E-state index contributed by atoms with van der Waals surface area (Å²) in [6.45, 7) is 5.00. The summed E-state index contributed by atoms with van der Waals surface area (Å²) in [7, 11) is 0. The molecule has 0 aliphatic carbocycles. The first-order valence-electron chi connectivity index (χ1n) is 5.56. The topological polar surface area (TPSA) is 24.9 Å². The van der Waals surface area contributed by atoms with Gasteiger partial charge in [-0.05, 0) is 54.8 Å². The molecule has 0 radical (unpaired) electrons. The highest BCUT2D eigenvalue weighted by Gasteiger charge is 1.99. The Bertz CT molecular complexity index is 523. The molecule has 0 saturated carbocycles. The number of nitrogens with zero attached hydrogens (tertiary/aromatic N) is 1. The summed E-state index contributed by atoms with van der Waals surface area (Å²) in [5.41, 5.74) is 4.86. The van der Waals surface area contributed by atoms with E-state index in [1.165, 1.54) is 16.7 Å². The Morgan fingerprint density at radius 3 is 2.71 bits per heavy atom. The van der Waals surface area contributed by atoms with Gasteiger partial charge in [0.05, 0.1) is 0 Å². The van der Waals surface area contributed by atoms with Crippen molar-refractivity contribution in [1.82, 2.24) is 4.98 Å². The molecule has 0 bridgehead atoms. The zero-order valence-corrected chi connectivity index (χ0v) is 11.6. The maximum Gasteiger partial charge on any atom is 0.0418 e. The van der Waals surface area contributed by atoms with Crippen LogP contribution in [-0.2, 0) is 6.54 Å². The van der Waals surface area contributed by atoms with Crippen LogP contribution >= 0.6 is 15.9 Å². The van der Waals surface area contributed by atoms with Gasteiger partial charge in [0.15, 0.2) is 0 Å². The molecule has 2 aromatic rings. The first-order chi connectivity index (χ1) is 8.16. The molecular formula is C14H15BrN2. The predicted octanol–water partition coefficient (Wildman–Crippen LogP) is 4.07. The zero-order valence-electron chi connectivity index (χ0n) is 10.00. The van der Waals surface area contributed by atoms with E-state index in [-0.39, 0.29) is 0 Å². The second kappa shape index (κ2) is 5.32. The number of benzene rings is 1. The van der Waals surface area contributed by atoms with E-state index in [4.69, 9.17) is 0 Å². The minimum atomic E-state index is 0.806. The van der Waals surface area contributed by atoms with Gasteiger partial charge in [-0.25, -0.2) is 0 Å². The molecule has 1 N–H and O–H groups in total. The smallest absolute Gasteiger partial charge is 0.0418 e. The molecule has 1 aromatic carbocycles. The van der Waals surface area contributed by atoms with Crippen LogP contribution in [0.3, 0.4) is 0 Å². The number of rotatable bonds is 3. The minimum absolute atomic E-state index is 0.806. The van der Waals surface area contributed by atoms with Crippen LogP contribution in [0.1, 0.15) is 16.7 Å². The van der Waals surface area contributed by atoms with Gasteiger partial charge in [-0.15, -0.1) is 0 Å². The second-order valence-electron chi connectivity index (χ2n) is 4.12. The average Bonchev–Trinajstić information content (AvgIpc) is 2.32. The summed E-state index contributed by atoms with van der Waals surface area (Å²) in [6.07, 6.45) is 3.73. The lowest BCUT2D eigenvalue weighted by Gasteiger charge is -2.09. The Morgan fingerprint density at radius 2 is 2.00 bits per heavy atom. The lowest BCUT2D eigenvalue weighted by molar-refractivity contribution is 1.08. The molecule has 0 amide bonds. The normalized spacial score (nSPS) is 10.3. The predicted molar refractivity (Wildman–Crippen MR) is 75.2 cm³/mol. The van der Waals surface area contributed by atoms with Crippen LogP contribution in [0.2, 0.25) is 0 Å². The van der Waals surface area contributed by atoms with Crippen molar-refractivity contribution >= 4 is 21.6 Å². The van der Waals surface area contributed by atoms with E-state index in [9.17, 15) is 0 Å². The Balaban J connectivity index is 2.08. The molecule has 0 aliphatic heterocycles. The van der Waals surface area contributed by atoms with Crippen molar-refractivity contribution < 1.29 is 0 Å². The Labute approximate surface area is 110 Å². The van der Waals surface area contributed by atoms with Crippen LogP contribution in [0, 0.1) is 13.8 Å². The first-order valence-corrected chi connectivity index (χ1v) is 6.35. The number of hydrogen-bond acceptors (Lipinski definition) is 2. The fraction of sp³-hybridized carbons (Fsp3) is 0.214. The van der Waals surface area contributed by atoms with E-state index in [0.29, 0.717) is 0 Å². The van der Waals surface area contributed by atoms with Gasteiger partial charge in [0.1, 0.15) is 0 Å². The molecule has 0 atom stereocenters. The molecule has 2 nitrogen and oxygen atoms in total. The van der Waals surface area contributed by atoms with Crippen molar-refractivity contribution in [3.05, 3.63) is 57.8 Å². The van der Waals surface area contributed by atoms with Crippen molar-refractivity contribution in [3.8, 4) is 0 Å². The van der Waals surface area contributed by atoms with Gasteiger partial charge in [0.2, 0.25) is 0 Å². The van der Waals surface area contributed by atoms with Crippen LogP contribution in [0.5, 0.6) is 0 Å². The summed E-state index contributed by atoms with van der Waals surface area (Å²) in [6, 6.07) is 8.30. The van der Waals surface area contributed by atoms with Crippen molar-refractivity contribution in [1.29, 1.82) is 0 Å². The van der Waals surface area contributed by atoms with E-state index >= 15 is 0 Å². The fourth-order valence-electron chi connectivity index (χ4n) is 1.63. The van der Waals surface area contributed by atoms with Crippen LogP contribution in [0.15, 0.2) is 41.1 Å². The molecular weight excluding hydrogens is 276 g/mol. The molecule has 0 spiro atoms. The van der Waals surface area contributed by atoms with Crippen LogP contribution in [0.4, 0.5) is 5.69 Å². The third kappa shape index (κ3) is 3.07. The molecule has 1 heterocycles. The van der Waals surface area contributed by atoms with Gasteiger partial charge >= 0.3 is 0 Å². The van der Waals surface area contributed by atoms with E-state index in [0.717, 1.165) is 16.7 Å². The monoisotopic (exact) mass is 290 g/mol.